The zero-order valence-electron chi connectivity index (χ0n) is 17.8. The Labute approximate surface area is 201 Å². The van der Waals surface area contributed by atoms with Crippen molar-refractivity contribution in [1.29, 1.82) is 0 Å². The quantitative estimate of drug-likeness (QED) is 0.547. The third kappa shape index (κ3) is 6.23. The molecule has 1 N–H and O–H groups in total. The molecule has 178 valence electrons. The van der Waals surface area contributed by atoms with Crippen LogP contribution in [0, 0.1) is 11.7 Å². The molecule has 33 heavy (non-hydrogen) atoms. The highest BCUT2D eigenvalue weighted by atomic mass is 35.5. The molecule has 11 heteroatoms. The van der Waals surface area contributed by atoms with Crippen molar-refractivity contribution >= 4 is 50.8 Å². The average molecular weight is 517 g/mol. The van der Waals surface area contributed by atoms with Gasteiger partial charge < -0.3 is 10.1 Å². The van der Waals surface area contributed by atoms with Gasteiger partial charge in [-0.3, -0.25) is 4.79 Å². The highest BCUT2D eigenvalue weighted by Crippen LogP contribution is 2.28. The number of halogens is 3. The molecule has 2 aromatic rings. The number of rotatable bonds is 7. The zero-order chi connectivity index (χ0) is 24.2. The molecule has 0 unspecified atom stereocenters. The summed E-state index contributed by atoms with van der Waals surface area (Å²) in [7, 11) is -3.80. The Morgan fingerprint density at radius 3 is 2.45 bits per heavy atom. The maximum atomic E-state index is 14.0. The van der Waals surface area contributed by atoms with Crippen LogP contribution in [0.2, 0.25) is 10.0 Å². The number of piperidine rings is 1. The molecule has 2 aromatic carbocycles. The van der Waals surface area contributed by atoms with E-state index in [4.69, 9.17) is 27.9 Å². The monoisotopic (exact) mass is 516 g/mol. The van der Waals surface area contributed by atoms with Crippen molar-refractivity contribution in [2.24, 2.45) is 5.92 Å². The summed E-state index contributed by atoms with van der Waals surface area (Å²) in [4.78, 5) is 24.5. The van der Waals surface area contributed by atoms with Crippen molar-refractivity contribution in [2.75, 3.05) is 25.0 Å². The molecule has 1 aliphatic heterocycles. The van der Waals surface area contributed by atoms with E-state index < -0.39 is 33.5 Å². The van der Waals surface area contributed by atoms with Crippen LogP contribution in [0.1, 0.15) is 35.7 Å². The summed E-state index contributed by atoms with van der Waals surface area (Å²) in [5.41, 5.74) is 0.548. The van der Waals surface area contributed by atoms with Crippen molar-refractivity contribution in [1.82, 2.24) is 4.31 Å². The second-order valence-corrected chi connectivity index (χ2v) is 10.3. The summed E-state index contributed by atoms with van der Waals surface area (Å²) in [6.07, 6.45) is 0.600. The molecule has 3 rings (SSSR count). The Hall–Kier alpha value is -2.20. The number of ether oxygens (including phenoxy) is 1. The third-order valence-corrected chi connectivity index (χ3v) is 7.82. The van der Waals surface area contributed by atoms with E-state index >= 15 is 0 Å². The van der Waals surface area contributed by atoms with Crippen molar-refractivity contribution < 1.29 is 27.1 Å². The summed E-state index contributed by atoms with van der Waals surface area (Å²) in [6.45, 7) is 2.18. The predicted octanol–water partition coefficient (Wildman–Crippen LogP) is 4.49. The third-order valence-electron chi connectivity index (χ3n) is 5.34. The van der Waals surface area contributed by atoms with Gasteiger partial charge in [0.1, 0.15) is 5.82 Å². The average Bonchev–Trinajstić information content (AvgIpc) is 2.78. The van der Waals surface area contributed by atoms with E-state index in [1.165, 1.54) is 34.6 Å². The molecule has 1 saturated heterocycles. The molecule has 0 spiro atoms. The molecule has 0 bridgehead atoms. The van der Waals surface area contributed by atoms with Crippen LogP contribution in [0.5, 0.6) is 0 Å². The van der Waals surface area contributed by atoms with Gasteiger partial charge in [0.25, 0.3) is 0 Å². The highest BCUT2D eigenvalue weighted by molar-refractivity contribution is 7.88. The minimum absolute atomic E-state index is 0.0543. The fourth-order valence-electron chi connectivity index (χ4n) is 3.53. The Bertz CT molecular complexity index is 1130. The van der Waals surface area contributed by atoms with E-state index in [-0.39, 0.29) is 46.8 Å². The summed E-state index contributed by atoms with van der Waals surface area (Å²) in [6, 6.07) is 8.45. The van der Waals surface area contributed by atoms with Gasteiger partial charge in [0, 0.05) is 29.6 Å². The summed E-state index contributed by atoms with van der Waals surface area (Å²) in [5.74, 6) is -2.45. The number of benzene rings is 2. The van der Waals surface area contributed by atoms with Crippen molar-refractivity contribution in [3.63, 3.8) is 0 Å². The lowest BCUT2D eigenvalue weighted by molar-refractivity contribution is -0.120. The van der Waals surface area contributed by atoms with Crippen LogP contribution in [0.25, 0.3) is 0 Å². The molecule has 1 fully saturated rings. The van der Waals surface area contributed by atoms with Gasteiger partial charge in [0.2, 0.25) is 15.9 Å². The van der Waals surface area contributed by atoms with E-state index in [1.54, 1.807) is 6.92 Å². The van der Waals surface area contributed by atoms with Crippen LogP contribution in [0.3, 0.4) is 0 Å². The first-order valence-electron chi connectivity index (χ1n) is 10.3. The summed E-state index contributed by atoms with van der Waals surface area (Å²) >= 11 is 12.2. The number of nitrogens with one attached hydrogen (secondary N) is 1. The number of esters is 1. The van der Waals surface area contributed by atoms with Crippen molar-refractivity contribution in [3.8, 4) is 0 Å². The van der Waals surface area contributed by atoms with E-state index in [2.05, 4.69) is 5.32 Å². The summed E-state index contributed by atoms with van der Waals surface area (Å²) < 4.78 is 45.7. The minimum Gasteiger partial charge on any atom is -0.462 e. The number of anilines is 1. The molecule has 0 aromatic heterocycles. The first kappa shape index (κ1) is 25.4. The van der Waals surface area contributed by atoms with E-state index in [9.17, 15) is 22.4 Å². The topological polar surface area (TPSA) is 92.8 Å². The number of hydrogen-bond acceptors (Lipinski definition) is 5. The molecule has 1 heterocycles. The maximum Gasteiger partial charge on any atom is 0.338 e. The molecule has 0 radical (unpaired) electrons. The van der Waals surface area contributed by atoms with Crippen LogP contribution >= 0.6 is 23.2 Å². The van der Waals surface area contributed by atoms with Gasteiger partial charge in [-0.1, -0.05) is 29.3 Å². The molecule has 0 saturated carbocycles. The number of amides is 1. The number of carbonyl (C=O) groups excluding carboxylic acids is 2. The normalized spacial score (nSPS) is 15.3. The Morgan fingerprint density at radius 1 is 1.15 bits per heavy atom. The second kappa shape index (κ2) is 10.8. The van der Waals surface area contributed by atoms with E-state index in [0.29, 0.717) is 18.5 Å². The lowest BCUT2D eigenvalue weighted by atomic mass is 9.97. The fourth-order valence-corrected chi connectivity index (χ4v) is 5.68. The minimum atomic E-state index is -3.80. The number of sulfonamides is 1. The van der Waals surface area contributed by atoms with Crippen LogP contribution in [0.15, 0.2) is 36.4 Å². The standard InChI is InChI=1S/C22H23Cl2FN2O5S/c1-2-32-22(29)15-6-7-20(18(24)12-15)26-21(28)14-8-10-27(11-9-14)33(30,31)13-16-17(23)4-3-5-19(16)25/h3-7,12,14H,2,8-11,13H2,1H3,(H,26,28). The van der Waals surface area contributed by atoms with E-state index in [0.717, 1.165) is 6.07 Å². The highest BCUT2D eigenvalue weighted by Gasteiger charge is 2.32. The van der Waals surface area contributed by atoms with Crippen LogP contribution in [0.4, 0.5) is 10.1 Å². The maximum absolute atomic E-state index is 14.0. The van der Waals surface area contributed by atoms with Gasteiger partial charge in [-0.15, -0.1) is 0 Å². The molecular weight excluding hydrogens is 494 g/mol. The van der Waals surface area contributed by atoms with Crippen LogP contribution < -0.4 is 5.32 Å². The largest absolute Gasteiger partial charge is 0.462 e. The second-order valence-electron chi connectivity index (χ2n) is 7.53. The predicted molar refractivity (Wildman–Crippen MR) is 124 cm³/mol. The Balaban J connectivity index is 1.59. The first-order chi connectivity index (χ1) is 15.6. The van der Waals surface area contributed by atoms with Gasteiger partial charge in [-0.2, -0.15) is 0 Å². The molecular formula is C22H23Cl2FN2O5S. The zero-order valence-corrected chi connectivity index (χ0v) is 20.1. The molecule has 7 nitrogen and oxygen atoms in total. The number of nitrogens with zero attached hydrogens (tertiary/aromatic N) is 1. The molecule has 0 atom stereocenters. The molecule has 1 aliphatic rings. The lowest BCUT2D eigenvalue weighted by Gasteiger charge is -2.30. The van der Waals surface area contributed by atoms with Crippen LogP contribution in [-0.4, -0.2) is 44.3 Å². The molecule has 0 aliphatic carbocycles. The molecule has 1 amide bonds. The van der Waals surface area contributed by atoms with Gasteiger partial charge in [-0.25, -0.2) is 21.9 Å². The van der Waals surface area contributed by atoms with E-state index in [1.807, 2.05) is 0 Å². The van der Waals surface area contributed by atoms with Gasteiger partial charge in [0.05, 0.1) is 28.6 Å². The van der Waals surface area contributed by atoms with Gasteiger partial charge in [-0.05, 0) is 50.1 Å². The summed E-state index contributed by atoms with van der Waals surface area (Å²) in [5, 5.41) is 2.97. The fraction of sp³-hybridized carbons (Fsp3) is 0.364. The Kier molecular flexibility index (Phi) is 8.33. The van der Waals surface area contributed by atoms with Crippen molar-refractivity contribution in [3.05, 3.63) is 63.4 Å². The number of carbonyl (C=O) groups is 2. The lowest BCUT2D eigenvalue weighted by Crippen LogP contribution is -2.42. The van der Waals surface area contributed by atoms with Crippen LogP contribution in [-0.2, 0) is 25.3 Å². The smallest absolute Gasteiger partial charge is 0.338 e. The Morgan fingerprint density at radius 2 is 1.85 bits per heavy atom. The van der Waals surface area contributed by atoms with Gasteiger partial charge in [0.15, 0.2) is 0 Å². The number of hydrogen-bond donors (Lipinski definition) is 1. The van der Waals surface area contributed by atoms with Crippen molar-refractivity contribution in [2.45, 2.75) is 25.5 Å². The SMILES string of the molecule is CCOC(=O)c1ccc(NC(=O)C2CCN(S(=O)(=O)Cc3c(F)cccc3Cl)CC2)c(Cl)c1. The van der Waals surface area contributed by atoms with Gasteiger partial charge >= 0.3 is 5.97 Å². The first-order valence-corrected chi connectivity index (χ1v) is 12.7.